The quantitative estimate of drug-likeness (QED) is 0.563. The van der Waals surface area contributed by atoms with Gasteiger partial charge in [0.25, 0.3) is 0 Å². The monoisotopic (exact) mass is 488 g/mol. The molecule has 0 saturated heterocycles. The van der Waals surface area contributed by atoms with Crippen LogP contribution in [0.25, 0.3) is 0 Å². The van der Waals surface area contributed by atoms with Crippen molar-refractivity contribution in [3.63, 3.8) is 0 Å². The first-order valence-electron chi connectivity index (χ1n) is 12.7. The van der Waals surface area contributed by atoms with E-state index in [2.05, 4.69) is 6.92 Å². The van der Waals surface area contributed by atoms with E-state index < -0.39 is 47.0 Å². The molecule has 192 valence electrons. The highest BCUT2D eigenvalue weighted by atomic mass is 16.7. The number of hydrogen-bond donors (Lipinski definition) is 1. The molecule has 0 amide bonds. The van der Waals surface area contributed by atoms with E-state index in [9.17, 15) is 24.3 Å². The van der Waals surface area contributed by atoms with Crippen LogP contribution >= 0.6 is 0 Å². The molecule has 35 heavy (non-hydrogen) atoms. The third-order valence-electron chi connectivity index (χ3n) is 9.24. The highest BCUT2D eigenvalue weighted by molar-refractivity contribution is 6.01. The molecule has 4 rings (SSSR count). The second kappa shape index (κ2) is 9.19. The molecule has 0 bridgehead atoms. The van der Waals surface area contributed by atoms with Crippen LogP contribution in [0.4, 0.5) is 4.79 Å². The van der Waals surface area contributed by atoms with E-state index in [1.807, 2.05) is 13.0 Å². The molecule has 0 heterocycles. The van der Waals surface area contributed by atoms with Crippen molar-refractivity contribution in [3.05, 3.63) is 23.8 Å². The van der Waals surface area contributed by atoms with Crippen molar-refractivity contribution in [3.8, 4) is 0 Å². The summed E-state index contributed by atoms with van der Waals surface area (Å²) in [6.07, 6.45) is 6.31. The number of ketones is 2. The summed E-state index contributed by atoms with van der Waals surface area (Å²) in [6.45, 7) is 6.90. The van der Waals surface area contributed by atoms with Gasteiger partial charge in [0.05, 0.1) is 12.7 Å². The number of allylic oxidation sites excluding steroid dienone is 4. The Labute approximate surface area is 206 Å². The van der Waals surface area contributed by atoms with Crippen LogP contribution in [0.3, 0.4) is 0 Å². The van der Waals surface area contributed by atoms with Crippen LogP contribution in [0.1, 0.15) is 66.2 Å². The van der Waals surface area contributed by atoms with Crippen molar-refractivity contribution in [1.29, 1.82) is 0 Å². The summed E-state index contributed by atoms with van der Waals surface area (Å²) in [4.78, 5) is 50.0. The topological polar surface area (TPSA) is 116 Å². The van der Waals surface area contributed by atoms with Crippen molar-refractivity contribution >= 4 is 23.7 Å². The first-order chi connectivity index (χ1) is 16.5. The van der Waals surface area contributed by atoms with Crippen LogP contribution in [-0.2, 0) is 28.6 Å². The zero-order valence-corrected chi connectivity index (χ0v) is 21.0. The SMILES string of the molecule is CCOC(=O)O[C@]1(C(=O)COC(=O)CC)CCC2C3CCC4=CC(=O)C=C[C@]4(C)C3C(O)C[C@@]21C. The molecule has 0 radical (unpaired) electrons. The van der Waals surface area contributed by atoms with Gasteiger partial charge in [0.1, 0.15) is 0 Å². The molecule has 0 aliphatic heterocycles. The highest BCUT2D eigenvalue weighted by Crippen LogP contribution is 2.67. The number of ether oxygens (including phenoxy) is 3. The fourth-order valence-corrected chi connectivity index (χ4v) is 7.65. The summed E-state index contributed by atoms with van der Waals surface area (Å²) in [7, 11) is 0. The van der Waals surface area contributed by atoms with Gasteiger partial charge < -0.3 is 19.3 Å². The minimum Gasteiger partial charge on any atom is -0.457 e. The molecule has 8 heteroatoms. The minimum atomic E-state index is -1.56. The van der Waals surface area contributed by atoms with Gasteiger partial charge in [0, 0.05) is 23.2 Å². The Morgan fingerprint density at radius 2 is 1.89 bits per heavy atom. The average molecular weight is 489 g/mol. The van der Waals surface area contributed by atoms with Gasteiger partial charge in [-0.15, -0.1) is 0 Å². The van der Waals surface area contributed by atoms with Crippen molar-refractivity contribution in [2.75, 3.05) is 13.2 Å². The molecule has 0 aromatic carbocycles. The van der Waals surface area contributed by atoms with E-state index in [1.165, 1.54) is 0 Å². The summed E-state index contributed by atoms with van der Waals surface area (Å²) in [5, 5.41) is 11.6. The highest BCUT2D eigenvalue weighted by Gasteiger charge is 2.70. The number of carbonyl (C=O) groups excluding carboxylic acids is 4. The predicted octanol–water partition coefficient (Wildman–Crippen LogP) is 3.70. The molecular weight excluding hydrogens is 452 g/mol. The molecule has 7 atom stereocenters. The molecule has 0 aromatic rings. The summed E-state index contributed by atoms with van der Waals surface area (Å²) >= 11 is 0. The zero-order valence-electron chi connectivity index (χ0n) is 21.0. The van der Waals surface area contributed by atoms with Crippen LogP contribution in [0.2, 0.25) is 0 Å². The van der Waals surface area contributed by atoms with Gasteiger partial charge in [0.15, 0.2) is 18.0 Å². The summed E-state index contributed by atoms with van der Waals surface area (Å²) < 4.78 is 16.0. The number of Topliss-reactive ketones (excluding diaryl/α,β-unsaturated/α-hetero) is 1. The van der Waals surface area contributed by atoms with Gasteiger partial charge in [-0.25, -0.2) is 4.79 Å². The molecule has 4 aliphatic rings. The fourth-order valence-electron chi connectivity index (χ4n) is 7.65. The number of aliphatic hydroxyl groups is 1. The first kappa shape index (κ1) is 25.6. The van der Waals surface area contributed by atoms with E-state index in [1.54, 1.807) is 26.0 Å². The van der Waals surface area contributed by atoms with Crippen molar-refractivity contribution in [1.82, 2.24) is 0 Å². The van der Waals surface area contributed by atoms with Gasteiger partial charge in [-0.1, -0.05) is 32.4 Å². The number of aliphatic hydroxyl groups excluding tert-OH is 1. The normalized spacial score (nSPS) is 39.6. The van der Waals surface area contributed by atoms with E-state index in [0.717, 1.165) is 18.4 Å². The van der Waals surface area contributed by atoms with E-state index in [-0.39, 0.29) is 49.4 Å². The zero-order chi connectivity index (χ0) is 25.6. The van der Waals surface area contributed by atoms with E-state index >= 15 is 0 Å². The van der Waals surface area contributed by atoms with Crippen LogP contribution in [0.15, 0.2) is 23.8 Å². The Balaban J connectivity index is 1.70. The summed E-state index contributed by atoms with van der Waals surface area (Å²) in [6, 6.07) is 0. The Bertz CT molecular complexity index is 982. The van der Waals surface area contributed by atoms with E-state index in [4.69, 9.17) is 14.2 Å². The van der Waals surface area contributed by atoms with Gasteiger partial charge in [-0.2, -0.15) is 0 Å². The second-order valence-electron chi connectivity index (χ2n) is 10.8. The molecule has 1 N–H and O–H groups in total. The van der Waals surface area contributed by atoms with Crippen molar-refractivity contribution < 1.29 is 38.5 Å². The lowest BCUT2D eigenvalue weighted by Crippen LogP contribution is -2.63. The third-order valence-corrected chi connectivity index (χ3v) is 9.24. The standard InChI is InChI=1S/C27H36O8/c1-5-22(31)34-15-21(30)27(35-24(32)33-6-2)12-10-19-18-8-7-16-13-17(28)9-11-25(16,3)23(18)20(29)14-26(19,27)4/h9,11,13,18-20,23,29H,5-8,10,12,14-15H2,1-4H3/t18?,19?,20?,23?,25-,26-,27-/m0/s1. The van der Waals surface area contributed by atoms with Crippen LogP contribution in [0.5, 0.6) is 0 Å². The Kier molecular flexibility index (Phi) is 6.72. The molecule has 4 unspecified atom stereocenters. The summed E-state index contributed by atoms with van der Waals surface area (Å²) in [5.41, 5.74) is -1.81. The molecular formula is C27H36O8. The Hall–Kier alpha value is -2.48. The molecule has 0 spiro atoms. The summed E-state index contributed by atoms with van der Waals surface area (Å²) in [5.74, 6) is -1.06. The van der Waals surface area contributed by atoms with Crippen LogP contribution in [-0.4, -0.2) is 53.7 Å². The molecule has 3 saturated carbocycles. The lowest BCUT2D eigenvalue weighted by Gasteiger charge is -2.59. The van der Waals surface area contributed by atoms with Crippen molar-refractivity contribution in [2.45, 2.75) is 77.9 Å². The lowest BCUT2D eigenvalue weighted by molar-refractivity contribution is -0.185. The maximum absolute atomic E-state index is 13.6. The third kappa shape index (κ3) is 3.94. The first-order valence-corrected chi connectivity index (χ1v) is 12.7. The number of fused-ring (bicyclic) bond motifs is 5. The van der Waals surface area contributed by atoms with Gasteiger partial charge in [0.2, 0.25) is 5.78 Å². The molecule has 3 fully saturated rings. The molecule has 8 nitrogen and oxygen atoms in total. The number of rotatable bonds is 6. The van der Waals surface area contributed by atoms with Gasteiger partial charge >= 0.3 is 12.1 Å². The molecule has 4 aliphatic carbocycles. The maximum atomic E-state index is 13.6. The van der Waals surface area contributed by atoms with E-state index in [0.29, 0.717) is 6.42 Å². The lowest BCUT2D eigenvalue weighted by atomic mass is 9.46. The Morgan fingerprint density at radius 1 is 1.14 bits per heavy atom. The predicted molar refractivity (Wildman–Crippen MR) is 125 cm³/mol. The smallest absolute Gasteiger partial charge is 0.457 e. The fraction of sp³-hybridized carbons (Fsp3) is 0.704. The van der Waals surface area contributed by atoms with Crippen LogP contribution < -0.4 is 0 Å². The number of hydrogen-bond acceptors (Lipinski definition) is 8. The Morgan fingerprint density at radius 3 is 2.57 bits per heavy atom. The number of esters is 1. The largest absolute Gasteiger partial charge is 0.509 e. The number of carbonyl (C=O) groups is 4. The second-order valence-corrected chi connectivity index (χ2v) is 10.8. The van der Waals surface area contributed by atoms with Crippen molar-refractivity contribution in [2.24, 2.45) is 28.6 Å². The van der Waals surface area contributed by atoms with Gasteiger partial charge in [-0.05, 0) is 63.0 Å². The van der Waals surface area contributed by atoms with Crippen LogP contribution in [0, 0.1) is 28.6 Å². The maximum Gasteiger partial charge on any atom is 0.509 e. The minimum absolute atomic E-state index is 0.000515. The average Bonchev–Trinajstić information content (AvgIpc) is 3.09. The molecule has 0 aromatic heterocycles. The van der Waals surface area contributed by atoms with Gasteiger partial charge in [-0.3, -0.25) is 14.4 Å².